The Bertz CT molecular complexity index is 1460. The van der Waals surface area contributed by atoms with E-state index in [1.54, 1.807) is 26.4 Å². The Morgan fingerprint density at radius 3 is 2.33 bits per heavy atom. The molecule has 4 aromatic rings. The van der Waals surface area contributed by atoms with Crippen LogP contribution in [0.3, 0.4) is 0 Å². The van der Waals surface area contributed by atoms with Gasteiger partial charge in [-0.2, -0.15) is 0 Å². The highest BCUT2D eigenvalue weighted by atomic mass is 32.1. The van der Waals surface area contributed by atoms with Gasteiger partial charge in [0.25, 0.3) is 5.56 Å². The summed E-state index contributed by atoms with van der Waals surface area (Å²) in [5, 5.41) is 9.65. The van der Waals surface area contributed by atoms with E-state index in [-0.39, 0.29) is 6.54 Å². The average Bonchev–Trinajstić information content (AvgIpc) is 3.16. The number of aliphatic carboxylic acids is 1. The third kappa shape index (κ3) is 4.14. The van der Waals surface area contributed by atoms with Crippen molar-refractivity contribution < 1.29 is 19.4 Å². The van der Waals surface area contributed by atoms with Crippen molar-refractivity contribution in [3.8, 4) is 21.9 Å². The first kappa shape index (κ1) is 22.3. The summed E-state index contributed by atoms with van der Waals surface area (Å²) in [4.78, 5) is 39.2. The summed E-state index contributed by atoms with van der Waals surface area (Å²) in [6, 6.07) is 14.7. The van der Waals surface area contributed by atoms with Crippen LogP contribution in [-0.2, 0) is 17.9 Å². The summed E-state index contributed by atoms with van der Waals surface area (Å²) in [6.45, 7) is 1.26. The standard InChI is InChI=1S/C24H22N2O6S/c1-14-20-22(29)25(13-19(27)28)24(30)26(12-15-5-4-6-18(11-15)32-3)23(20)33-21(14)16-7-9-17(31-2)10-8-16/h4-11H,12-13H2,1-3H3,(H,27,28). The zero-order valence-electron chi connectivity index (χ0n) is 18.3. The molecule has 9 heteroatoms. The second-order valence-corrected chi connectivity index (χ2v) is 8.47. The molecular formula is C24H22N2O6S. The van der Waals surface area contributed by atoms with Gasteiger partial charge in [-0.15, -0.1) is 11.3 Å². The lowest BCUT2D eigenvalue weighted by Crippen LogP contribution is -2.41. The van der Waals surface area contributed by atoms with Crippen LogP contribution in [-0.4, -0.2) is 34.4 Å². The van der Waals surface area contributed by atoms with Gasteiger partial charge in [-0.05, 0) is 60.0 Å². The van der Waals surface area contributed by atoms with E-state index in [0.29, 0.717) is 27.3 Å². The molecule has 0 saturated heterocycles. The zero-order valence-corrected chi connectivity index (χ0v) is 19.1. The fraction of sp³-hybridized carbons (Fsp3) is 0.208. The van der Waals surface area contributed by atoms with E-state index in [0.717, 1.165) is 20.6 Å². The van der Waals surface area contributed by atoms with Crippen LogP contribution in [0.2, 0.25) is 0 Å². The number of methoxy groups -OCH3 is 2. The molecule has 0 unspecified atom stereocenters. The Morgan fingerprint density at radius 1 is 1.00 bits per heavy atom. The molecule has 0 bridgehead atoms. The van der Waals surface area contributed by atoms with Crippen LogP contribution in [0.5, 0.6) is 11.5 Å². The summed E-state index contributed by atoms with van der Waals surface area (Å²) >= 11 is 1.33. The SMILES string of the molecule is COc1ccc(-c2sc3c(c2C)c(=O)n(CC(=O)O)c(=O)n3Cc2cccc(OC)c2)cc1. The lowest BCUT2D eigenvalue weighted by atomic mass is 10.1. The molecule has 2 heterocycles. The van der Waals surface area contributed by atoms with E-state index in [4.69, 9.17) is 9.47 Å². The molecule has 33 heavy (non-hydrogen) atoms. The van der Waals surface area contributed by atoms with Crippen molar-refractivity contribution in [2.24, 2.45) is 0 Å². The van der Waals surface area contributed by atoms with Crippen LogP contribution in [0.1, 0.15) is 11.1 Å². The molecule has 2 aromatic carbocycles. The molecular weight excluding hydrogens is 444 g/mol. The van der Waals surface area contributed by atoms with Crippen LogP contribution < -0.4 is 20.7 Å². The summed E-state index contributed by atoms with van der Waals surface area (Å²) in [5.74, 6) is 0.0814. The molecule has 0 aliphatic rings. The molecule has 1 N–H and O–H groups in total. The van der Waals surface area contributed by atoms with Crippen molar-refractivity contribution in [2.75, 3.05) is 14.2 Å². The first-order valence-corrected chi connectivity index (χ1v) is 10.9. The van der Waals surface area contributed by atoms with Gasteiger partial charge in [-0.25, -0.2) is 9.36 Å². The van der Waals surface area contributed by atoms with Gasteiger partial charge in [0.15, 0.2) is 0 Å². The Kier molecular flexibility index (Phi) is 6.06. The van der Waals surface area contributed by atoms with E-state index in [1.165, 1.54) is 15.9 Å². The van der Waals surface area contributed by atoms with Gasteiger partial charge in [0, 0.05) is 4.88 Å². The number of nitrogens with zero attached hydrogens (tertiary/aromatic N) is 2. The molecule has 2 aromatic heterocycles. The highest BCUT2D eigenvalue weighted by Gasteiger charge is 2.22. The number of benzene rings is 2. The third-order valence-electron chi connectivity index (χ3n) is 5.41. The monoisotopic (exact) mass is 466 g/mol. The van der Waals surface area contributed by atoms with Gasteiger partial charge in [-0.3, -0.25) is 14.2 Å². The van der Waals surface area contributed by atoms with Crippen LogP contribution in [0.4, 0.5) is 0 Å². The Hall–Kier alpha value is -3.85. The van der Waals surface area contributed by atoms with Crippen LogP contribution in [0.25, 0.3) is 20.7 Å². The number of carboxylic acids is 1. The minimum atomic E-state index is -1.26. The number of aryl methyl sites for hydroxylation is 1. The van der Waals surface area contributed by atoms with Crippen LogP contribution >= 0.6 is 11.3 Å². The Balaban J connectivity index is 1.98. The minimum Gasteiger partial charge on any atom is -0.497 e. The number of ether oxygens (including phenoxy) is 2. The van der Waals surface area contributed by atoms with Gasteiger partial charge in [-0.1, -0.05) is 12.1 Å². The summed E-state index contributed by atoms with van der Waals surface area (Å²) in [5.41, 5.74) is 1.09. The molecule has 0 atom stereocenters. The number of hydrogen-bond donors (Lipinski definition) is 1. The van der Waals surface area contributed by atoms with Crippen molar-refractivity contribution in [3.63, 3.8) is 0 Å². The van der Waals surface area contributed by atoms with Gasteiger partial charge in [0.1, 0.15) is 22.9 Å². The van der Waals surface area contributed by atoms with E-state index in [2.05, 4.69) is 0 Å². The van der Waals surface area contributed by atoms with Gasteiger partial charge in [0.05, 0.1) is 26.2 Å². The maximum atomic E-state index is 13.3. The molecule has 8 nitrogen and oxygen atoms in total. The summed E-state index contributed by atoms with van der Waals surface area (Å²) in [6.07, 6.45) is 0. The van der Waals surface area contributed by atoms with Crippen molar-refractivity contribution in [3.05, 3.63) is 80.5 Å². The number of thiophene rings is 1. The van der Waals surface area contributed by atoms with Crippen molar-refractivity contribution in [1.29, 1.82) is 0 Å². The molecule has 0 aliphatic carbocycles. The average molecular weight is 467 g/mol. The number of carbonyl (C=O) groups is 1. The number of aromatic nitrogens is 2. The second-order valence-electron chi connectivity index (χ2n) is 7.47. The molecule has 0 radical (unpaired) electrons. The minimum absolute atomic E-state index is 0.161. The smallest absolute Gasteiger partial charge is 0.332 e. The molecule has 0 saturated carbocycles. The molecule has 0 spiro atoms. The van der Waals surface area contributed by atoms with Gasteiger partial charge < -0.3 is 14.6 Å². The van der Waals surface area contributed by atoms with Crippen LogP contribution in [0.15, 0.2) is 58.1 Å². The Labute approximate surface area is 192 Å². The highest BCUT2D eigenvalue weighted by Crippen LogP contribution is 2.37. The fourth-order valence-electron chi connectivity index (χ4n) is 3.78. The van der Waals surface area contributed by atoms with E-state index in [1.807, 2.05) is 43.3 Å². The van der Waals surface area contributed by atoms with Crippen LogP contribution in [0, 0.1) is 6.92 Å². The van der Waals surface area contributed by atoms with Crippen molar-refractivity contribution in [1.82, 2.24) is 9.13 Å². The van der Waals surface area contributed by atoms with Gasteiger partial charge >= 0.3 is 11.7 Å². The lowest BCUT2D eigenvalue weighted by Gasteiger charge is -2.12. The normalized spacial score (nSPS) is 11.0. The quantitative estimate of drug-likeness (QED) is 0.448. The highest BCUT2D eigenvalue weighted by molar-refractivity contribution is 7.22. The third-order valence-corrected chi connectivity index (χ3v) is 6.78. The second kappa shape index (κ2) is 8.95. The molecule has 0 fully saturated rings. The fourth-order valence-corrected chi connectivity index (χ4v) is 5.08. The number of hydrogen-bond acceptors (Lipinski definition) is 6. The predicted octanol–water partition coefficient (Wildman–Crippen LogP) is 3.35. The number of fused-ring (bicyclic) bond motifs is 1. The number of carboxylic acid groups (broad SMARTS) is 1. The first-order valence-electron chi connectivity index (χ1n) is 10.1. The predicted molar refractivity (Wildman–Crippen MR) is 127 cm³/mol. The summed E-state index contributed by atoms with van der Waals surface area (Å²) in [7, 11) is 3.14. The maximum Gasteiger partial charge on any atom is 0.332 e. The largest absolute Gasteiger partial charge is 0.497 e. The van der Waals surface area contributed by atoms with E-state index >= 15 is 0 Å². The molecule has 170 valence electrons. The topological polar surface area (TPSA) is 99.8 Å². The first-order chi connectivity index (χ1) is 15.8. The summed E-state index contributed by atoms with van der Waals surface area (Å²) < 4.78 is 12.7. The maximum absolute atomic E-state index is 13.3. The Morgan fingerprint density at radius 2 is 1.70 bits per heavy atom. The molecule has 4 rings (SSSR count). The lowest BCUT2D eigenvalue weighted by molar-refractivity contribution is -0.137. The van der Waals surface area contributed by atoms with E-state index < -0.39 is 23.8 Å². The van der Waals surface area contributed by atoms with Crippen molar-refractivity contribution in [2.45, 2.75) is 20.0 Å². The van der Waals surface area contributed by atoms with E-state index in [9.17, 15) is 19.5 Å². The number of rotatable bonds is 7. The molecule has 0 aliphatic heterocycles. The van der Waals surface area contributed by atoms with Crippen molar-refractivity contribution >= 4 is 27.5 Å². The molecule has 0 amide bonds. The zero-order chi connectivity index (χ0) is 23.7. The van der Waals surface area contributed by atoms with Gasteiger partial charge in [0.2, 0.25) is 0 Å².